The molecule has 0 aromatic rings. The van der Waals surface area contributed by atoms with Crippen LogP contribution in [0.3, 0.4) is 0 Å². The van der Waals surface area contributed by atoms with Crippen LogP contribution in [0.4, 0.5) is 0 Å². The number of quaternary nitrogens is 1. The molecule has 3 heteroatoms. The van der Waals surface area contributed by atoms with Crippen LogP contribution in [-0.4, -0.2) is 21.8 Å². The quantitative estimate of drug-likeness (QED) is 0.551. The molecule has 2 atom stereocenters. The lowest BCUT2D eigenvalue weighted by atomic mass is 10.2. The predicted molar refractivity (Wildman–Crippen MR) is 42.8 cm³/mol. The molecule has 2 unspecified atom stereocenters. The number of hydrogen-bond donors (Lipinski definition) is 1. The van der Waals surface area contributed by atoms with Gasteiger partial charge in [0.2, 0.25) is 0 Å². The molecular formula is C7H15NOS. The molecule has 0 aliphatic carbocycles. The molecule has 1 rings (SSSR count). The molecule has 0 saturated carbocycles. The Kier molecular flexibility index (Phi) is 3.35. The minimum absolute atomic E-state index is 0.422. The van der Waals surface area contributed by atoms with Crippen LogP contribution in [0.2, 0.25) is 0 Å². The molecule has 0 aromatic heterocycles. The first-order valence-electron chi connectivity index (χ1n) is 3.82. The van der Waals surface area contributed by atoms with Crippen molar-refractivity contribution in [1.82, 2.24) is 0 Å². The molecule has 0 spiro atoms. The summed E-state index contributed by atoms with van der Waals surface area (Å²) in [4.78, 5) is 0. The Morgan fingerprint density at radius 3 is 3.00 bits per heavy atom. The topological polar surface area (TPSA) is 33.7 Å². The Morgan fingerprint density at radius 2 is 2.40 bits per heavy atom. The Hall–Kier alpha value is 0.110. The zero-order chi connectivity index (χ0) is 7.40. The Labute approximate surface area is 64.8 Å². The predicted octanol–water partition coefficient (Wildman–Crippen LogP) is -0.357. The van der Waals surface area contributed by atoms with E-state index in [-0.39, 0.29) is 0 Å². The highest BCUT2D eigenvalue weighted by molar-refractivity contribution is 7.85. The summed E-state index contributed by atoms with van der Waals surface area (Å²) in [6, 6.07) is 0. The van der Waals surface area contributed by atoms with Gasteiger partial charge in [-0.1, -0.05) is 6.42 Å². The Bertz CT molecular complexity index is 125. The van der Waals surface area contributed by atoms with E-state index >= 15 is 0 Å². The highest BCUT2D eigenvalue weighted by Crippen LogP contribution is 2.14. The first kappa shape index (κ1) is 8.21. The molecule has 0 amide bonds. The summed E-state index contributed by atoms with van der Waals surface area (Å²) in [6.45, 7) is 0.937. The van der Waals surface area contributed by atoms with Crippen LogP contribution >= 0.6 is 0 Å². The zero-order valence-corrected chi connectivity index (χ0v) is 7.03. The molecular weight excluding hydrogens is 146 g/mol. The van der Waals surface area contributed by atoms with Crippen LogP contribution in [-0.2, 0) is 10.8 Å². The van der Waals surface area contributed by atoms with E-state index in [1.807, 2.05) is 5.32 Å². The second kappa shape index (κ2) is 4.09. The standard InChI is InChI=1S/C7H15NOS/c1-8-6-7-4-2-3-5-10(7)9/h7H,1-6,8H2. The van der Waals surface area contributed by atoms with Crippen LogP contribution in [0.5, 0.6) is 0 Å². The smallest absolute Gasteiger partial charge is 0.0815 e. The summed E-state index contributed by atoms with van der Waals surface area (Å²) in [6.07, 6.45) is 3.54. The van der Waals surface area contributed by atoms with E-state index in [2.05, 4.69) is 7.05 Å². The average Bonchev–Trinajstić information content (AvgIpc) is 1.94. The average molecular weight is 161 g/mol. The normalized spacial score (nSPS) is 34.1. The molecule has 1 heterocycles. The van der Waals surface area contributed by atoms with Gasteiger partial charge in [0.05, 0.1) is 11.8 Å². The Balaban J connectivity index is 2.32. The fourth-order valence-electron chi connectivity index (χ4n) is 1.33. The highest BCUT2D eigenvalue weighted by atomic mass is 32.2. The van der Waals surface area contributed by atoms with Crippen molar-refractivity contribution in [1.29, 1.82) is 0 Å². The maximum atomic E-state index is 11.2. The van der Waals surface area contributed by atoms with Gasteiger partial charge in [-0.2, -0.15) is 7.05 Å². The number of rotatable bonds is 2. The lowest BCUT2D eigenvalue weighted by Crippen LogP contribution is -2.80. The SMILES string of the molecule is [CH2-][NH2+]CC1CCCCS1=O. The van der Waals surface area contributed by atoms with Gasteiger partial charge < -0.3 is 5.32 Å². The molecule has 2 N–H and O–H groups in total. The van der Waals surface area contributed by atoms with Crippen molar-refractivity contribution in [3.8, 4) is 0 Å². The molecule has 60 valence electrons. The molecule has 2 nitrogen and oxygen atoms in total. The molecule has 1 saturated heterocycles. The van der Waals surface area contributed by atoms with Crippen LogP contribution in [0, 0.1) is 7.05 Å². The van der Waals surface area contributed by atoms with Crippen molar-refractivity contribution in [2.45, 2.75) is 24.5 Å². The minimum Gasteiger partial charge on any atom is -0.478 e. The molecule has 0 radical (unpaired) electrons. The summed E-state index contributed by atoms with van der Waals surface area (Å²) in [7, 11) is 3.11. The van der Waals surface area contributed by atoms with E-state index in [4.69, 9.17) is 0 Å². The van der Waals surface area contributed by atoms with E-state index in [9.17, 15) is 4.21 Å². The summed E-state index contributed by atoms with van der Waals surface area (Å²) in [5, 5.41) is 2.31. The van der Waals surface area contributed by atoms with Crippen LogP contribution in [0.25, 0.3) is 0 Å². The lowest BCUT2D eigenvalue weighted by Gasteiger charge is -2.19. The van der Waals surface area contributed by atoms with Crippen LogP contribution in [0.15, 0.2) is 0 Å². The fraction of sp³-hybridized carbons (Fsp3) is 0.857. The third-order valence-electron chi connectivity index (χ3n) is 1.92. The molecule has 1 aliphatic rings. The van der Waals surface area contributed by atoms with Crippen molar-refractivity contribution < 1.29 is 9.53 Å². The van der Waals surface area contributed by atoms with E-state index in [1.54, 1.807) is 0 Å². The van der Waals surface area contributed by atoms with Gasteiger partial charge in [0.25, 0.3) is 0 Å². The second-order valence-electron chi connectivity index (χ2n) is 2.73. The Morgan fingerprint density at radius 1 is 1.60 bits per heavy atom. The minimum atomic E-state index is -0.549. The van der Waals surface area contributed by atoms with Gasteiger partial charge in [0.1, 0.15) is 0 Å². The van der Waals surface area contributed by atoms with Gasteiger partial charge in [-0.05, 0) is 12.8 Å². The molecule has 0 bridgehead atoms. The van der Waals surface area contributed by atoms with Gasteiger partial charge >= 0.3 is 0 Å². The maximum absolute atomic E-state index is 11.2. The fourth-order valence-corrected chi connectivity index (χ4v) is 2.93. The van der Waals surface area contributed by atoms with Gasteiger partial charge in [0, 0.05) is 16.6 Å². The van der Waals surface area contributed by atoms with Crippen molar-refractivity contribution in [2.75, 3.05) is 12.3 Å². The van der Waals surface area contributed by atoms with Crippen molar-refractivity contribution in [3.05, 3.63) is 7.05 Å². The zero-order valence-electron chi connectivity index (χ0n) is 6.21. The van der Waals surface area contributed by atoms with Crippen molar-refractivity contribution in [2.24, 2.45) is 0 Å². The maximum Gasteiger partial charge on any atom is 0.0815 e. The van der Waals surface area contributed by atoms with Gasteiger partial charge in [-0.3, -0.25) is 4.21 Å². The lowest BCUT2D eigenvalue weighted by molar-refractivity contribution is -0.594. The number of hydrogen-bond acceptors (Lipinski definition) is 1. The monoisotopic (exact) mass is 161 g/mol. The largest absolute Gasteiger partial charge is 0.478 e. The molecule has 1 aliphatic heterocycles. The van der Waals surface area contributed by atoms with Gasteiger partial charge in [-0.15, -0.1) is 0 Å². The third-order valence-corrected chi connectivity index (χ3v) is 3.79. The van der Waals surface area contributed by atoms with Crippen molar-refractivity contribution >= 4 is 10.8 Å². The summed E-state index contributed by atoms with van der Waals surface area (Å²) < 4.78 is 11.2. The molecule has 1 fully saturated rings. The highest BCUT2D eigenvalue weighted by Gasteiger charge is 2.20. The van der Waals surface area contributed by atoms with E-state index < -0.39 is 10.8 Å². The molecule has 0 aromatic carbocycles. The summed E-state index contributed by atoms with van der Waals surface area (Å²) in [5.41, 5.74) is 0. The van der Waals surface area contributed by atoms with E-state index in [0.717, 1.165) is 25.1 Å². The summed E-state index contributed by atoms with van der Waals surface area (Å²) >= 11 is 0. The number of nitrogens with two attached hydrogens (primary N) is 1. The first-order chi connectivity index (χ1) is 4.84. The van der Waals surface area contributed by atoms with Crippen LogP contribution in [0.1, 0.15) is 19.3 Å². The van der Waals surface area contributed by atoms with E-state index in [1.165, 1.54) is 6.42 Å². The van der Waals surface area contributed by atoms with E-state index in [0.29, 0.717) is 5.25 Å². The van der Waals surface area contributed by atoms with Crippen molar-refractivity contribution in [3.63, 3.8) is 0 Å². The van der Waals surface area contributed by atoms with Gasteiger partial charge in [0.15, 0.2) is 0 Å². The third kappa shape index (κ3) is 2.06. The van der Waals surface area contributed by atoms with Crippen LogP contribution < -0.4 is 5.32 Å². The van der Waals surface area contributed by atoms with Gasteiger partial charge in [-0.25, -0.2) is 0 Å². The second-order valence-corrected chi connectivity index (χ2v) is 4.56. The summed E-state index contributed by atoms with van der Waals surface area (Å²) in [5.74, 6) is 0.915. The first-order valence-corrected chi connectivity index (χ1v) is 5.21. The molecule has 10 heavy (non-hydrogen) atoms.